The number of nitrogens with one attached hydrogen (secondary N) is 1. The zero-order chi connectivity index (χ0) is 13.6. The van der Waals surface area contributed by atoms with E-state index in [0.717, 1.165) is 25.1 Å². The molecule has 1 aromatic rings. The molecule has 0 aliphatic carbocycles. The van der Waals surface area contributed by atoms with E-state index in [2.05, 4.69) is 19.2 Å². The van der Waals surface area contributed by atoms with Gasteiger partial charge in [-0.3, -0.25) is 0 Å². The van der Waals surface area contributed by atoms with Crippen molar-refractivity contribution in [2.75, 3.05) is 20.3 Å². The summed E-state index contributed by atoms with van der Waals surface area (Å²) in [4.78, 5) is 0. The van der Waals surface area contributed by atoms with E-state index in [4.69, 9.17) is 16.3 Å². The van der Waals surface area contributed by atoms with Gasteiger partial charge < -0.3 is 10.1 Å². The van der Waals surface area contributed by atoms with Gasteiger partial charge in [0.1, 0.15) is 5.82 Å². The lowest BCUT2D eigenvalue weighted by molar-refractivity contribution is 0.150. The quantitative estimate of drug-likeness (QED) is 0.819. The van der Waals surface area contributed by atoms with Crippen LogP contribution in [0.5, 0.6) is 0 Å². The maximum atomic E-state index is 13.0. The van der Waals surface area contributed by atoms with E-state index in [1.54, 1.807) is 19.2 Å². The van der Waals surface area contributed by atoms with Crippen LogP contribution in [0.2, 0.25) is 5.02 Å². The first-order valence-electron chi connectivity index (χ1n) is 6.08. The van der Waals surface area contributed by atoms with Gasteiger partial charge in [-0.25, -0.2) is 4.39 Å². The Morgan fingerprint density at radius 1 is 1.39 bits per heavy atom. The first-order chi connectivity index (χ1) is 8.44. The summed E-state index contributed by atoms with van der Waals surface area (Å²) in [7, 11) is 1.71. The van der Waals surface area contributed by atoms with Crippen molar-refractivity contribution in [3.05, 3.63) is 34.6 Å². The first-order valence-corrected chi connectivity index (χ1v) is 6.46. The van der Waals surface area contributed by atoms with Crippen molar-refractivity contribution >= 4 is 11.6 Å². The molecule has 18 heavy (non-hydrogen) atoms. The molecule has 0 amide bonds. The van der Waals surface area contributed by atoms with Crippen LogP contribution in [0.4, 0.5) is 4.39 Å². The lowest BCUT2D eigenvalue weighted by Crippen LogP contribution is -2.30. The highest BCUT2D eigenvalue weighted by Gasteiger charge is 2.16. The van der Waals surface area contributed by atoms with Gasteiger partial charge in [0.25, 0.3) is 0 Å². The number of rotatable bonds is 7. The van der Waals surface area contributed by atoms with Crippen LogP contribution in [-0.2, 0) is 11.3 Å². The predicted molar refractivity (Wildman–Crippen MR) is 73.4 cm³/mol. The number of ether oxygens (including phenoxy) is 1. The molecule has 0 aromatic heterocycles. The van der Waals surface area contributed by atoms with Gasteiger partial charge in [-0.05, 0) is 29.5 Å². The fourth-order valence-corrected chi connectivity index (χ4v) is 1.86. The van der Waals surface area contributed by atoms with Crippen molar-refractivity contribution in [1.29, 1.82) is 0 Å². The molecule has 1 N–H and O–H groups in total. The van der Waals surface area contributed by atoms with Gasteiger partial charge in [0.15, 0.2) is 0 Å². The number of methoxy groups -OCH3 is 1. The molecule has 0 saturated carbocycles. The molecule has 1 aromatic carbocycles. The Balaban J connectivity index is 2.39. The van der Waals surface area contributed by atoms with E-state index in [1.807, 2.05) is 0 Å². The molecular weight excluding hydrogens is 253 g/mol. The second kappa shape index (κ2) is 7.07. The molecular formula is C14H21ClFNO. The molecule has 2 nitrogen and oxygen atoms in total. The van der Waals surface area contributed by atoms with Crippen LogP contribution in [0.3, 0.4) is 0 Å². The topological polar surface area (TPSA) is 21.3 Å². The zero-order valence-corrected chi connectivity index (χ0v) is 12.0. The van der Waals surface area contributed by atoms with Gasteiger partial charge in [0, 0.05) is 26.8 Å². The summed E-state index contributed by atoms with van der Waals surface area (Å²) < 4.78 is 18.1. The summed E-state index contributed by atoms with van der Waals surface area (Å²) in [5, 5.41) is 3.53. The highest BCUT2D eigenvalue weighted by Crippen LogP contribution is 2.19. The summed E-state index contributed by atoms with van der Waals surface area (Å²) in [6.45, 7) is 6.71. The van der Waals surface area contributed by atoms with Crippen LogP contribution in [0.15, 0.2) is 18.2 Å². The van der Waals surface area contributed by atoms with E-state index in [0.29, 0.717) is 6.54 Å². The van der Waals surface area contributed by atoms with E-state index in [1.165, 1.54) is 6.07 Å². The standard InChI is InChI=1S/C14H21ClFNO/c1-14(2,6-7-18-3)10-17-9-11-4-5-13(16)12(15)8-11/h4-5,8,17H,6-7,9-10H2,1-3H3. The second-order valence-electron chi connectivity index (χ2n) is 5.26. The first kappa shape index (κ1) is 15.4. The number of hydrogen-bond acceptors (Lipinski definition) is 2. The van der Waals surface area contributed by atoms with Gasteiger partial charge >= 0.3 is 0 Å². The SMILES string of the molecule is COCCC(C)(C)CNCc1ccc(F)c(Cl)c1. The average Bonchev–Trinajstić information content (AvgIpc) is 2.31. The molecule has 0 aliphatic rings. The van der Waals surface area contributed by atoms with Gasteiger partial charge in [0.2, 0.25) is 0 Å². The number of halogens is 2. The molecule has 0 fully saturated rings. The fourth-order valence-electron chi connectivity index (χ4n) is 1.66. The summed E-state index contributed by atoms with van der Waals surface area (Å²) in [5.41, 5.74) is 1.17. The number of hydrogen-bond donors (Lipinski definition) is 1. The van der Waals surface area contributed by atoms with Gasteiger partial charge in [0.05, 0.1) is 5.02 Å². The molecule has 102 valence electrons. The Kier molecular flexibility index (Phi) is 6.06. The fraction of sp³-hybridized carbons (Fsp3) is 0.571. The van der Waals surface area contributed by atoms with Crippen LogP contribution in [-0.4, -0.2) is 20.3 Å². The maximum Gasteiger partial charge on any atom is 0.141 e. The molecule has 1 rings (SSSR count). The minimum Gasteiger partial charge on any atom is -0.385 e. The summed E-state index contributed by atoms with van der Waals surface area (Å²) in [5.74, 6) is -0.374. The summed E-state index contributed by atoms with van der Waals surface area (Å²) in [6.07, 6.45) is 1.00. The molecule has 0 radical (unpaired) electrons. The Morgan fingerprint density at radius 3 is 2.72 bits per heavy atom. The molecule has 0 aliphatic heterocycles. The lowest BCUT2D eigenvalue weighted by Gasteiger charge is -2.24. The zero-order valence-electron chi connectivity index (χ0n) is 11.2. The largest absolute Gasteiger partial charge is 0.385 e. The van der Waals surface area contributed by atoms with Crippen molar-refractivity contribution in [2.45, 2.75) is 26.8 Å². The third kappa shape index (κ3) is 5.34. The minimum absolute atomic E-state index is 0.174. The van der Waals surface area contributed by atoms with E-state index in [9.17, 15) is 4.39 Å². The van der Waals surface area contributed by atoms with Crippen LogP contribution in [0.1, 0.15) is 25.8 Å². The Labute approximate surface area is 113 Å². The Bertz CT molecular complexity index is 382. The van der Waals surface area contributed by atoms with E-state index >= 15 is 0 Å². The number of benzene rings is 1. The maximum absolute atomic E-state index is 13.0. The van der Waals surface area contributed by atoms with Crippen LogP contribution in [0.25, 0.3) is 0 Å². The van der Waals surface area contributed by atoms with Gasteiger partial charge in [-0.2, -0.15) is 0 Å². The second-order valence-corrected chi connectivity index (χ2v) is 5.67. The third-order valence-electron chi connectivity index (χ3n) is 2.90. The molecule has 0 atom stereocenters. The van der Waals surface area contributed by atoms with Crippen molar-refractivity contribution in [3.63, 3.8) is 0 Å². The Hall–Kier alpha value is -0.640. The minimum atomic E-state index is -0.374. The van der Waals surface area contributed by atoms with Crippen molar-refractivity contribution < 1.29 is 9.13 Å². The van der Waals surface area contributed by atoms with Crippen LogP contribution < -0.4 is 5.32 Å². The smallest absolute Gasteiger partial charge is 0.141 e. The molecule has 0 saturated heterocycles. The average molecular weight is 274 g/mol. The highest BCUT2D eigenvalue weighted by atomic mass is 35.5. The van der Waals surface area contributed by atoms with Crippen molar-refractivity contribution in [3.8, 4) is 0 Å². The molecule has 0 spiro atoms. The van der Waals surface area contributed by atoms with Crippen LogP contribution in [0, 0.1) is 11.2 Å². The lowest BCUT2D eigenvalue weighted by atomic mass is 9.89. The monoisotopic (exact) mass is 273 g/mol. The highest BCUT2D eigenvalue weighted by molar-refractivity contribution is 6.30. The molecule has 0 unspecified atom stereocenters. The summed E-state index contributed by atoms with van der Waals surface area (Å²) >= 11 is 5.73. The van der Waals surface area contributed by atoms with Gasteiger partial charge in [-0.15, -0.1) is 0 Å². The van der Waals surface area contributed by atoms with Crippen LogP contribution >= 0.6 is 11.6 Å². The van der Waals surface area contributed by atoms with E-state index < -0.39 is 0 Å². The van der Waals surface area contributed by atoms with Crippen molar-refractivity contribution in [1.82, 2.24) is 5.32 Å². The normalized spacial score (nSPS) is 11.8. The Morgan fingerprint density at radius 2 is 2.11 bits per heavy atom. The molecule has 0 heterocycles. The molecule has 4 heteroatoms. The molecule has 0 bridgehead atoms. The van der Waals surface area contributed by atoms with Gasteiger partial charge in [-0.1, -0.05) is 31.5 Å². The third-order valence-corrected chi connectivity index (χ3v) is 3.19. The van der Waals surface area contributed by atoms with E-state index in [-0.39, 0.29) is 16.3 Å². The van der Waals surface area contributed by atoms with Crippen molar-refractivity contribution in [2.24, 2.45) is 5.41 Å². The predicted octanol–water partition coefficient (Wildman–Crippen LogP) is 3.63. The summed E-state index contributed by atoms with van der Waals surface area (Å²) in [6, 6.07) is 4.80.